The number of nitrogens with one attached hydrogen (secondary N) is 1. The van der Waals surface area contributed by atoms with Crippen LogP contribution in [-0.2, 0) is 6.54 Å². The van der Waals surface area contributed by atoms with Gasteiger partial charge in [0.1, 0.15) is 5.82 Å². The second-order valence-electron chi connectivity index (χ2n) is 7.21. The van der Waals surface area contributed by atoms with Crippen LogP contribution in [-0.4, -0.2) is 29.0 Å². The molecule has 5 nitrogen and oxygen atoms in total. The molecule has 0 saturated carbocycles. The van der Waals surface area contributed by atoms with E-state index in [1.54, 1.807) is 24.3 Å². The maximum Gasteiger partial charge on any atom is 0.251 e. The van der Waals surface area contributed by atoms with Gasteiger partial charge in [-0.05, 0) is 54.7 Å². The van der Waals surface area contributed by atoms with Crippen molar-refractivity contribution in [1.82, 2.24) is 15.3 Å². The van der Waals surface area contributed by atoms with E-state index in [1.165, 1.54) is 31.4 Å². The fourth-order valence-corrected chi connectivity index (χ4v) is 3.43. The number of carbonyl (C=O) groups is 1. The number of halogens is 1. The van der Waals surface area contributed by atoms with E-state index in [0.29, 0.717) is 12.1 Å². The molecule has 0 radical (unpaired) electrons. The van der Waals surface area contributed by atoms with Crippen molar-refractivity contribution < 1.29 is 9.18 Å². The predicted molar refractivity (Wildman–Crippen MR) is 111 cm³/mol. The molecule has 2 heterocycles. The molecule has 0 atom stereocenters. The first-order valence-electron chi connectivity index (χ1n) is 9.89. The maximum absolute atomic E-state index is 12.9. The second-order valence-corrected chi connectivity index (χ2v) is 7.21. The Bertz CT molecular complexity index is 950. The lowest BCUT2D eigenvalue weighted by atomic mass is 10.1. The second kappa shape index (κ2) is 8.82. The lowest BCUT2D eigenvalue weighted by molar-refractivity contribution is 0.0951. The van der Waals surface area contributed by atoms with Crippen LogP contribution in [0.4, 0.5) is 10.3 Å². The van der Waals surface area contributed by atoms with Crippen LogP contribution in [0.25, 0.3) is 11.1 Å². The normalized spacial score (nSPS) is 13.9. The summed E-state index contributed by atoms with van der Waals surface area (Å²) in [6.45, 7) is 2.38. The molecule has 148 valence electrons. The molecule has 6 heteroatoms. The third-order valence-electron chi connectivity index (χ3n) is 5.12. The van der Waals surface area contributed by atoms with E-state index in [2.05, 4.69) is 20.2 Å². The summed E-state index contributed by atoms with van der Waals surface area (Å²) in [7, 11) is 0. The maximum atomic E-state index is 12.9. The summed E-state index contributed by atoms with van der Waals surface area (Å²) in [5.41, 5.74) is 3.30. The number of hydrogen-bond acceptors (Lipinski definition) is 4. The van der Waals surface area contributed by atoms with Gasteiger partial charge in [0.15, 0.2) is 0 Å². The first-order valence-corrected chi connectivity index (χ1v) is 9.89. The van der Waals surface area contributed by atoms with Crippen LogP contribution in [0.3, 0.4) is 0 Å². The topological polar surface area (TPSA) is 58.1 Å². The minimum atomic E-state index is -0.288. The average molecular weight is 390 g/mol. The molecule has 2 aromatic carbocycles. The molecule has 0 unspecified atom stereocenters. The van der Waals surface area contributed by atoms with Gasteiger partial charge in [0.2, 0.25) is 5.95 Å². The molecule has 0 bridgehead atoms. The molecular formula is C23H23FN4O. The number of nitrogens with zero attached hydrogens (tertiary/aromatic N) is 3. The van der Waals surface area contributed by atoms with Crippen molar-refractivity contribution in [2.24, 2.45) is 0 Å². The fraction of sp³-hybridized carbons (Fsp3) is 0.261. The molecule has 29 heavy (non-hydrogen) atoms. The van der Waals surface area contributed by atoms with Gasteiger partial charge in [0.25, 0.3) is 5.91 Å². The van der Waals surface area contributed by atoms with Crippen LogP contribution in [0.15, 0.2) is 60.9 Å². The molecule has 1 fully saturated rings. The minimum absolute atomic E-state index is 0.169. The summed E-state index contributed by atoms with van der Waals surface area (Å²) in [6.07, 6.45) is 7.32. The summed E-state index contributed by atoms with van der Waals surface area (Å²) in [4.78, 5) is 23.6. The highest BCUT2D eigenvalue weighted by atomic mass is 19.1. The molecule has 1 N–H and O–H groups in total. The van der Waals surface area contributed by atoms with Gasteiger partial charge in [-0.1, -0.05) is 24.3 Å². The zero-order valence-corrected chi connectivity index (χ0v) is 16.1. The summed E-state index contributed by atoms with van der Waals surface area (Å²) < 4.78 is 12.9. The van der Waals surface area contributed by atoms with Crippen LogP contribution in [0.1, 0.15) is 35.2 Å². The number of carbonyl (C=O) groups excluding carboxylic acids is 1. The van der Waals surface area contributed by atoms with Crippen molar-refractivity contribution >= 4 is 11.9 Å². The highest BCUT2D eigenvalue weighted by Gasteiger charge is 2.13. The summed E-state index contributed by atoms with van der Waals surface area (Å²) in [5, 5.41) is 2.85. The van der Waals surface area contributed by atoms with Crippen LogP contribution >= 0.6 is 0 Å². The molecule has 1 saturated heterocycles. The Balaban J connectivity index is 1.38. The minimum Gasteiger partial charge on any atom is -0.348 e. The highest BCUT2D eigenvalue weighted by molar-refractivity contribution is 5.94. The number of piperidine rings is 1. The Morgan fingerprint density at radius 2 is 1.55 bits per heavy atom. The van der Waals surface area contributed by atoms with Crippen LogP contribution < -0.4 is 10.2 Å². The molecule has 1 aliphatic heterocycles. The van der Waals surface area contributed by atoms with E-state index < -0.39 is 0 Å². The first kappa shape index (κ1) is 19.1. The number of rotatable bonds is 5. The number of benzene rings is 2. The number of anilines is 1. The number of amides is 1. The van der Waals surface area contributed by atoms with Crippen molar-refractivity contribution in [2.45, 2.75) is 25.8 Å². The Hall–Kier alpha value is -3.28. The molecule has 0 aliphatic carbocycles. The lowest BCUT2D eigenvalue weighted by Gasteiger charge is -2.26. The van der Waals surface area contributed by atoms with Crippen molar-refractivity contribution in [3.05, 3.63) is 77.9 Å². The standard InChI is InChI=1S/C23H23FN4O/c24-21-10-4-17(5-11-21)14-25-22(29)19-8-6-18(7-9-19)20-15-26-23(27-16-20)28-12-2-1-3-13-28/h4-11,15-16H,1-3,12-14H2,(H,25,29). The summed E-state index contributed by atoms with van der Waals surface area (Å²) in [5.74, 6) is 0.325. The SMILES string of the molecule is O=C(NCc1ccc(F)cc1)c1ccc(-c2cnc(N3CCCCC3)nc2)cc1. The van der Waals surface area contributed by atoms with Gasteiger partial charge in [-0.2, -0.15) is 0 Å². The van der Waals surface area contributed by atoms with Gasteiger partial charge in [0, 0.05) is 43.2 Å². The Morgan fingerprint density at radius 1 is 0.897 bits per heavy atom. The summed E-state index contributed by atoms with van der Waals surface area (Å²) >= 11 is 0. The van der Waals surface area contributed by atoms with Gasteiger partial charge in [-0.15, -0.1) is 0 Å². The van der Waals surface area contributed by atoms with Crippen molar-refractivity contribution in [2.75, 3.05) is 18.0 Å². The molecule has 1 amide bonds. The molecule has 4 rings (SSSR count). The molecule has 0 spiro atoms. The number of aromatic nitrogens is 2. The van der Waals surface area contributed by atoms with E-state index in [1.807, 2.05) is 24.5 Å². The van der Waals surface area contributed by atoms with Crippen molar-refractivity contribution in [1.29, 1.82) is 0 Å². The molecule has 1 aromatic heterocycles. The average Bonchev–Trinajstić information content (AvgIpc) is 2.79. The largest absolute Gasteiger partial charge is 0.348 e. The number of hydrogen-bond donors (Lipinski definition) is 1. The zero-order chi connectivity index (χ0) is 20.1. The third-order valence-corrected chi connectivity index (χ3v) is 5.12. The zero-order valence-electron chi connectivity index (χ0n) is 16.1. The molecular weight excluding hydrogens is 367 g/mol. The van der Waals surface area contributed by atoms with Crippen LogP contribution in [0.2, 0.25) is 0 Å². The monoisotopic (exact) mass is 390 g/mol. The van der Waals surface area contributed by atoms with E-state index in [-0.39, 0.29) is 11.7 Å². The Kier molecular flexibility index (Phi) is 5.79. The predicted octanol–water partition coefficient (Wildman–Crippen LogP) is 4.20. The van der Waals surface area contributed by atoms with Gasteiger partial charge < -0.3 is 10.2 Å². The molecule has 1 aliphatic rings. The lowest BCUT2D eigenvalue weighted by Crippen LogP contribution is -2.30. The van der Waals surface area contributed by atoms with Crippen molar-refractivity contribution in [3.63, 3.8) is 0 Å². The summed E-state index contributed by atoms with van der Waals surface area (Å²) in [6, 6.07) is 13.4. The van der Waals surface area contributed by atoms with Gasteiger partial charge in [-0.3, -0.25) is 4.79 Å². The highest BCUT2D eigenvalue weighted by Crippen LogP contribution is 2.21. The third kappa shape index (κ3) is 4.77. The van der Waals surface area contributed by atoms with Crippen LogP contribution in [0, 0.1) is 5.82 Å². The van der Waals surface area contributed by atoms with Crippen LogP contribution in [0.5, 0.6) is 0 Å². The quantitative estimate of drug-likeness (QED) is 0.709. The fourth-order valence-electron chi connectivity index (χ4n) is 3.43. The first-order chi connectivity index (χ1) is 14.2. The van der Waals surface area contributed by atoms with E-state index in [0.717, 1.165) is 35.7 Å². The van der Waals surface area contributed by atoms with Gasteiger partial charge in [0.05, 0.1) is 0 Å². The van der Waals surface area contributed by atoms with Gasteiger partial charge >= 0.3 is 0 Å². The van der Waals surface area contributed by atoms with Gasteiger partial charge in [-0.25, -0.2) is 14.4 Å². The smallest absolute Gasteiger partial charge is 0.251 e. The van der Waals surface area contributed by atoms with Crippen molar-refractivity contribution in [3.8, 4) is 11.1 Å². The van der Waals surface area contributed by atoms with E-state index >= 15 is 0 Å². The van der Waals surface area contributed by atoms with E-state index in [9.17, 15) is 9.18 Å². The Labute approximate surface area is 169 Å². The Morgan fingerprint density at radius 3 is 2.21 bits per heavy atom. The molecule has 3 aromatic rings. The van der Waals surface area contributed by atoms with E-state index in [4.69, 9.17) is 0 Å².